The monoisotopic (exact) mass is 376 g/mol. The average Bonchev–Trinajstić information content (AvgIpc) is 3.14. The highest BCUT2D eigenvalue weighted by Gasteiger charge is 2.48. The number of amides is 1. The molecule has 0 saturated carbocycles. The van der Waals surface area contributed by atoms with Crippen LogP contribution in [0.1, 0.15) is 24.3 Å². The fourth-order valence-corrected chi connectivity index (χ4v) is 6.17. The van der Waals surface area contributed by atoms with E-state index in [9.17, 15) is 13.2 Å². The lowest BCUT2D eigenvalue weighted by atomic mass is 10.0. The number of piperazine rings is 1. The lowest BCUT2D eigenvalue weighted by Gasteiger charge is -2.44. The van der Waals surface area contributed by atoms with Crippen molar-refractivity contribution in [2.24, 2.45) is 5.92 Å². The molecule has 7 nitrogen and oxygen atoms in total. The summed E-state index contributed by atoms with van der Waals surface area (Å²) in [6, 6.07) is 5.20. The van der Waals surface area contributed by atoms with Gasteiger partial charge < -0.3 is 9.30 Å². The molecule has 2 aliphatic rings. The predicted octanol–water partition coefficient (Wildman–Crippen LogP) is 0.914. The fraction of sp³-hybridized carbons (Fsp3) is 0.556. The summed E-state index contributed by atoms with van der Waals surface area (Å²) in [7, 11) is -3.13. The van der Waals surface area contributed by atoms with Gasteiger partial charge in [0.15, 0.2) is 9.84 Å². The zero-order chi connectivity index (χ0) is 18.5. The maximum atomic E-state index is 13.1. The molecule has 0 radical (unpaired) electrons. The van der Waals surface area contributed by atoms with Gasteiger partial charge in [-0.15, -0.1) is 0 Å². The first-order chi connectivity index (χ1) is 12.3. The summed E-state index contributed by atoms with van der Waals surface area (Å²) in [6.45, 7) is 6.36. The lowest BCUT2D eigenvalue weighted by molar-refractivity contribution is 0.0293. The zero-order valence-electron chi connectivity index (χ0n) is 15.1. The highest BCUT2D eigenvalue weighted by atomic mass is 32.2. The van der Waals surface area contributed by atoms with Gasteiger partial charge in [0.1, 0.15) is 11.3 Å². The molecule has 4 heterocycles. The molecule has 2 aromatic heterocycles. The highest BCUT2D eigenvalue weighted by Crippen LogP contribution is 2.28. The maximum absolute atomic E-state index is 13.1. The number of carbonyl (C=O) groups is 1. The van der Waals surface area contributed by atoms with Crippen LogP contribution in [0.15, 0.2) is 30.6 Å². The van der Waals surface area contributed by atoms with Crippen LogP contribution in [0.5, 0.6) is 0 Å². The standard InChI is InChI=1S/C18H24N4O3S/c1-13(2)9-20-7-8-22(16-12-26(24,25)11-15(16)20)18(23)14-10-21-6-4-3-5-17(21)19-14/h3-6,10,13,15-16H,7-9,11-12H2,1-2H3/t15-,16+/m0/s1. The van der Waals surface area contributed by atoms with Gasteiger partial charge in [-0.25, -0.2) is 13.4 Å². The molecule has 2 fully saturated rings. The number of sulfone groups is 1. The van der Waals surface area contributed by atoms with E-state index < -0.39 is 9.84 Å². The average molecular weight is 376 g/mol. The van der Waals surface area contributed by atoms with Gasteiger partial charge in [-0.2, -0.15) is 0 Å². The van der Waals surface area contributed by atoms with Gasteiger partial charge in [0.25, 0.3) is 5.91 Å². The summed E-state index contributed by atoms with van der Waals surface area (Å²) < 4.78 is 26.4. The lowest BCUT2D eigenvalue weighted by Crippen LogP contribution is -2.61. The SMILES string of the molecule is CC(C)CN1CCN(C(=O)c2cn3ccccc3n2)[C@@H]2CS(=O)(=O)C[C@@H]21. The second-order valence-electron chi connectivity index (χ2n) is 7.69. The smallest absolute Gasteiger partial charge is 0.274 e. The number of hydrogen-bond acceptors (Lipinski definition) is 5. The third-order valence-corrected chi connectivity index (χ3v) is 6.93. The van der Waals surface area contributed by atoms with Crippen LogP contribution >= 0.6 is 0 Å². The number of pyridine rings is 1. The molecule has 2 saturated heterocycles. The van der Waals surface area contributed by atoms with Gasteiger partial charge >= 0.3 is 0 Å². The molecule has 140 valence electrons. The number of fused-ring (bicyclic) bond motifs is 2. The summed E-state index contributed by atoms with van der Waals surface area (Å²) in [6.07, 6.45) is 3.57. The van der Waals surface area contributed by atoms with Gasteiger partial charge in [0, 0.05) is 38.1 Å². The number of nitrogens with zero attached hydrogens (tertiary/aromatic N) is 4. The van der Waals surface area contributed by atoms with Crippen LogP contribution in [-0.2, 0) is 9.84 Å². The number of carbonyl (C=O) groups excluding carboxylic acids is 1. The molecule has 0 N–H and O–H groups in total. The second kappa shape index (κ2) is 6.35. The van der Waals surface area contributed by atoms with Crippen molar-refractivity contribution in [3.8, 4) is 0 Å². The van der Waals surface area contributed by atoms with E-state index in [1.165, 1.54) is 0 Å². The van der Waals surface area contributed by atoms with Gasteiger partial charge in [0.05, 0.1) is 17.5 Å². The molecule has 0 aromatic carbocycles. The first kappa shape index (κ1) is 17.5. The molecule has 26 heavy (non-hydrogen) atoms. The molecule has 0 unspecified atom stereocenters. The third-order valence-electron chi connectivity index (χ3n) is 5.23. The van der Waals surface area contributed by atoms with E-state index in [0.29, 0.717) is 30.3 Å². The summed E-state index contributed by atoms with van der Waals surface area (Å²) in [5, 5.41) is 0. The van der Waals surface area contributed by atoms with E-state index in [2.05, 4.69) is 23.7 Å². The molecule has 4 rings (SSSR count). The Balaban J connectivity index is 1.63. The molecule has 1 amide bonds. The van der Waals surface area contributed by atoms with Crippen LogP contribution < -0.4 is 0 Å². The largest absolute Gasteiger partial charge is 0.330 e. The Morgan fingerprint density at radius 3 is 2.73 bits per heavy atom. The van der Waals surface area contributed by atoms with E-state index in [0.717, 1.165) is 6.54 Å². The van der Waals surface area contributed by atoms with E-state index >= 15 is 0 Å². The number of aromatic nitrogens is 2. The van der Waals surface area contributed by atoms with Crippen molar-refractivity contribution in [1.82, 2.24) is 19.2 Å². The van der Waals surface area contributed by atoms with Crippen LogP contribution in [0.3, 0.4) is 0 Å². The van der Waals surface area contributed by atoms with Crippen molar-refractivity contribution in [3.05, 3.63) is 36.3 Å². The maximum Gasteiger partial charge on any atom is 0.274 e. The molecular formula is C18H24N4O3S. The van der Waals surface area contributed by atoms with Crippen molar-refractivity contribution >= 4 is 21.4 Å². The van der Waals surface area contributed by atoms with Gasteiger partial charge in [-0.1, -0.05) is 19.9 Å². The van der Waals surface area contributed by atoms with Crippen molar-refractivity contribution in [1.29, 1.82) is 0 Å². The van der Waals surface area contributed by atoms with Crippen LogP contribution in [0.2, 0.25) is 0 Å². The third kappa shape index (κ3) is 3.12. The quantitative estimate of drug-likeness (QED) is 0.796. The van der Waals surface area contributed by atoms with Crippen LogP contribution in [0.25, 0.3) is 5.65 Å². The van der Waals surface area contributed by atoms with E-state index in [4.69, 9.17) is 0 Å². The second-order valence-corrected chi connectivity index (χ2v) is 9.84. The Bertz CT molecular complexity index is 904. The van der Waals surface area contributed by atoms with E-state index in [-0.39, 0.29) is 29.5 Å². The van der Waals surface area contributed by atoms with Crippen molar-refractivity contribution in [2.45, 2.75) is 25.9 Å². The molecule has 0 spiro atoms. The first-order valence-corrected chi connectivity index (χ1v) is 10.9. The minimum Gasteiger partial charge on any atom is -0.330 e. The molecular weight excluding hydrogens is 352 g/mol. The van der Waals surface area contributed by atoms with Crippen molar-refractivity contribution in [3.63, 3.8) is 0 Å². The van der Waals surface area contributed by atoms with Gasteiger partial charge in [0.2, 0.25) is 0 Å². The van der Waals surface area contributed by atoms with Crippen LogP contribution in [0, 0.1) is 5.92 Å². The molecule has 2 aliphatic heterocycles. The topological polar surface area (TPSA) is 75.0 Å². The summed E-state index contributed by atoms with van der Waals surface area (Å²) >= 11 is 0. The molecule has 2 atom stereocenters. The summed E-state index contributed by atoms with van der Waals surface area (Å²) in [4.78, 5) is 21.5. The Hall–Kier alpha value is -1.93. The Labute approximate surface area is 153 Å². The Morgan fingerprint density at radius 1 is 1.23 bits per heavy atom. The van der Waals surface area contributed by atoms with E-state index in [1.807, 2.05) is 28.8 Å². The van der Waals surface area contributed by atoms with Gasteiger partial charge in [-0.05, 0) is 18.1 Å². The zero-order valence-corrected chi connectivity index (χ0v) is 15.9. The van der Waals surface area contributed by atoms with Gasteiger partial charge in [-0.3, -0.25) is 9.69 Å². The van der Waals surface area contributed by atoms with Crippen LogP contribution in [-0.4, -0.2) is 76.7 Å². The molecule has 8 heteroatoms. The van der Waals surface area contributed by atoms with Crippen molar-refractivity contribution in [2.75, 3.05) is 31.1 Å². The number of rotatable bonds is 3. The molecule has 2 aromatic rings. The Morgan fingerprint density at radius 2 is 2.00 bits per heavy atom. The van der Waals surface area contributed by atoms with Crippen LogP contribution in [0.4, 0.5) is 0 Å². The summed E-state index contributed by atoms with van der Waals surface area (Å²) in [5.41, 5.74) is 1.08. The minimum absolute atomic E-state index is 0.0470. The normalized spacial score (nSPS) is 25.7. The molecule has 0 bridgehead atoms. The predicted molar refractivity (Wildman–Crippen MR) is 98.9 cm³/mol. The number of imidazole rings is 1. The number of hydrogen-bond donors (Lipinski definition) is 0. The highest BCUT2D eigenvalue weighted by molar-refractivity contribution is 7.91. The molecule has 0 aliphatic carbocycles. The Kier molecular flexibility index (Phi) is 4.27. The minimum atomic E-state index is -3.13. The first-order valence-electron chi connectivity index (χ1n) is 9.03. The van der Waals surface area contributed by atoms with E-state index in [1.54, 1.807) is 11.1 Å². The fourth-order valence-electron chi connectivity index (χ4n) is 4.16. The van der Waals surface area contributed by atoms with Crippen molar-refractivity contribution < 1.29 is 13.2 Å². The summed E-state index contributed by atoms with van der Waals surface area (Å²) in [5.74, 6) is 0.467.